The van der Waals surface area contributed by atoms with Crippen molar-refractivity contribution in [3.63, 3.8) is 0 Å². The minimum Gasteiger partial charge on any atom is -0.352 e. The first-order valence-electron chi connectivity index (χ1n) is 7.64. The third-order valence-corrected chi connectivity index (χ3v) is 4.48. The predicted octanol–water partition coefficient (Wildman–Crippen LogP) is 3.79. The summed E-state index contributed by atoms with van der Waals surface area (Å²) in [6.45, 7) is 0.450. The molecule has 1 heterocycles. The lowest BCUT2D eigenvalue weighted by Gasteiger charge is -2.04. The average molecular weight is 351 g/mol. The zero-order valence-corrected chi connectivity index (χ0v) is 14.0. The maximum absolute atomic E-state index is 13.0. The van der Waals surface area contributed by atoms with Crippen molar-refractivity contribution in [1.82, 2.24) is 10.3 Å². The smallest absolute Gasteiger partial charge is 0.251 e. The first kappa shape index (κ1) is 16.8. The molecule has 3 rings (SSSR count). The van der Waals surface area contributed by atoms with Crippen LogP contribution in [0.5, 0.6) is 0 Å². The summed E-state index contributed by atoms with van der Waals surface area (Å²) in [7, 11) is 0. The molecule has 0 saturated carbocycles. The quantitative estimate of drug-likeness (QED) is 0.760. The Hall–Kier alpha value is -3.04. The summed E-state index contributed by atoms with van der Waals surface area (Å²) in [6.07, 6.45) is 0.607. The Morgan fingerprint density at radius 3 is 2.80 bits per heavy atom. The predicted molar refractivity (Wildman–Crippen MR) is 94.7 cm³/mol. The summed E-state index contributed by atoms with van der Waals surface area (Å²) in [5.41, 5.74) is 2.58. The van der Waals surface area contributed by atoms with Crippen LogP contribution in [0, 0.1) is 17.1 Å². The lowest BCUT2D eigenvalue weighted by atomic mass is 10.1. The van der Waals surface area contributed by atoms with Gasteiger partial charge in [-0.25, -0.2) is 9.37 Å². The van der Waals surface area contributed by atoms with Gasteiger partial charge in [0.05, 0.1) is 22.3 Å². The first-order valence-corrected chi connectivity index (χ1v) is 8.52. The van der Waals surface area contributed by atoms with E-state index in [4.69, 9.17) is 5.26 Å². The Bertz CT molecular complexity index is 928. The van der Waals surface area contributed by atoms with E-state index in [-0.39, 0.29) is 11.7 Å². The van der Waals surface area contributed by atoms with Crippen molar-refractivity contribution < 1.29 is 9.18 Å². The molecule has 0 atom stereocenters. The summed E-state index contributed by atoms with van der Waals surface area (Å²) < 4.78 is 13.0. The number of hydrogen-bond acceptors (Lipinski definition) is 4. The number of hydrogen-bond donors (Lipinski definition) is 1. The van der Waals surface area contributed by atoms with Gasteiger partial charge in [-0.15, -0.1) is 11.3 Å². The van der Waals surface area contributed by atoms with Crippen LogP contribution >= 0.6 is 11.3 Å². The van der Waals surface area contributed by atoms with E-state index in [0.717, 1.165) is 16.3 Å². The normalized spacial score (nSPS) is 10.2. The van der Waals surface area contributed by atoms with Gasteiger partial charge in [-0.05, 0) is 42.5 Å². The van der Waals surface area contributed by atoms with Crippen molar-refractivity contribution in [2.45, 2.75) is 6.42 Å². The maximum Gasteiger partial charge on any atom is 0.251 e. The largest absolute Gasteiger partial charge is 0.352 e. The van der Waals surface area contributed by atoms with Crippen LogP contribution in [-0.4, -0.2) is 17.4 Å². The molecule has 1 amide bonds. The summed E-state index contributed by atoms with van der Waals surface area (Å²) in [4.78, 5) is 16.6. The van der Waals surface area contributed by atoms with E-state index in [1.807, 2.05) is 11.4 Å². The monoisotopic (exact) mass is 351 g/mol. The highest BCUT2D eigenvalue weighted by atomic mass is 32.1. The number of thiazole rings is 1. The third-order valence-electron chi connectivity index (χ3n) is 3.57. The Morgan fingerprint density at radius 2 is 2.04 bits per heavy atom. The minimum absolute atomic E-state index is 0.215. The number of aromatic nitrogens is 1. The van der Waals surface area contributed by atoms with E-state index in [1.165, 1.54) is 23.5 Å². The van der Waals surface area contributed by atoms with Crippen LogP contribution in [0.3, 0.4) is 0 Å². The molecule has 0 bridgehead atoms. The number of nitriles is 1. The van der Waals surface area contributed by atoms with E-state index >= 15 is 0 Å². The van der Waals surface area contributed by atoms with Crippen LogP contribution < -0.4 is 5.32 Å². The van der Waals surface area contributed by atoms with Gasteiger partial charge < -0.3 is 5.32 Å². The molecule has 3 aromatic rings. The molecule has 124 valence electrons. The number of benzene rings is 2. The summed E-state index contributed by atoms with van der Waals surface area (Å²) >= 11 is 1.50. The second kappa shape index (κ2) is 7.69. The summed E-state index contributed by atoms with van der Waals surface area (Å²) in [6, 6.07) is 14.8. The molecule has 2 aromatic carbocycles. The average Bonchev–Trinajstić information content (AvgIpc) is 3.11. The van der Waals surface area contributed by atoms with Gasteiger partial charge in [0.1, 0.15) is 5.82 Å². The third kappa shape index (κ3) is 4.28. The van der Waals surface area contributed by atoms with Crippen molar-refractivity contribution in [2.75, 3.05) is 6.54 Å². The molecule has 0 unspecified atom stereocenters. The maximum atomic E-state index is 13.0. The molecular weight excluding hydrogens is 337 g/mol. The van der Waals surface area contributed by atoms with Crippen LogP contribution in [0.25, 0.3) is 11.3 Å². The molecule has 0 aliphatic carbocycles. The molecule has 1 aromatic heterocycles. The molecule has 0 aliphatic heterocycles. The van der Waals surface area contributed by atoms with Crippen molar-refractivity contribution in [2.24, 2.45) is 0 Å². The zero-order chi connectivity index (χ0) is 17.6. The van der Waals surface area contributed by atoms with E-state index in [1.54, 1.807) is 36.4 Å². The van der Waals surface area contributed by atoms with E-state index < -0.39 is 0 Å². The van der Waals surface area contributed by atoms with Gasteiger partial charge >= 0.3 is 0 Å². The summed E-state index contributed by atoms with van der Waals surface area (Å²) in [5, 5.41) is 14.5. The molecule has 6 heteroatoms. The van der Waals surface area contributed by atoms with Gasteiger partial charge in [0, 0.05) is 29.5 Å². The van der Waals surface area contributed by atoms with E-state index in [0.29, 0.717) is 24.1 Å². The molecule has 0 spiro atoms. The first-order chi connectivity index (χ1) is 12.2. The van der Waals surface area contributed by atoms with E-state index in [2.05, 4.69) is 10.3 Å². The SMILES string of the molecule is N#Cc1cccc(C(=O)NCCc2nc(-c3ccc(F)cc3)cs2)c1. The van der Waals surface area contributed by atoms with Gasteiger partial charge in [-0.2, -0.15) is 5.26 Å². The second-order valence-electron chi connectivity index (χ2n) is 5.33. The minimum atomic E-state index is -0.276. The number of carbonyl (C=O) groups excluding carboxylic acids is 1. The lowest BCUT2D eigenvalue weighted by Crippen LogP contribution is -2.25. The molecule has 1 N–H and O–H groups in total. The Kier molecular flexibility index (Phi) is 5.17. The number of amides is 1. The standard InChI is InChI=1S/C19H14FN3OS/c20-16-6-4-14(5-7-16)17-12-25-18(23-17)8-9-22-19(24)15-3-1-2-13(10-15)11-21/h1-7,10,12H,8-9H2,(H,22,24). The molecule has 4 nitrogen and oxygen atoms in total. The van der Waals surface area contributed by atoms with Gasteiger partial charge in [0.2, 0.25) is 0 Å². The van der Waals surface area contributed by atoms with Gasteiger partial charge in [0.25, 0.3) is 5.91 Å². The van der Waals surface area contributed by atoms with Crippen LogP contribution in [0.1, 0.15) is 20.9 Å². The molecule has 0 radical (unpaired) electrons. The van der Waals surface area contributed by atoms with Crippen LogP contribution in [-0.2, 0) is 6.42 Å². The Morgan fingerprint density at radius 1 is 1.24 bits per heavy atom. The number of nitrogens with one attached hydrogen (secondary N) is 1. The summed E-state index contributed by atoms with van der Waals surface area (Å²) in [5.74, 6) is -0.491. The second-order valence-corrected chi connectivity index (χ2v) is 6.27. The van der Waals surface area contributed by atoms with Crippen LogP contribution in [0.2, 0.25) is 0 Å². The number of carbonyl (C=O) groups is 1. The fourth-order valence-corrected chi connectivity index (χ4v) is 3.10. The van der Waals surface area contributed by atoms with Crippen molar-refractivity contribution in [1.29, 1.82) is 5.26 Å². The highest BCUT2D eigenvalue weighted by molar-refractivity contribution is 7.09. The molecule has 0 saturated heterocycles. The number of rotatable bonds is 5. The lowest BCUT2D eigenvalue weighted by molar-refractivity contribution is 0.0954. The van der Waals surface area contributed by atoms with Crippen LogP contribution in [0.4, 0.5) is 4.39 Å². The van der Waals surface area contributed by atoms with Crippen LogP contribution in [0.15, 0.2) is 53.9 Å². The highest BCUT2D eigenvalue weighted by Gasteiger charge is 2.08. The zero-order valence-electron chi connectivity index (χ0n) is 13.2. The van der Waals surface area contributed by atoms with Gasteiger partial charge in [-0.3, -0.25) is 4.79 Å². The molecule has 0 aliphatic rings. The van der Waals surface area contributed by atoms with Crippen molar-refractivity contribution in [3.05, 3.63) is 75.9 Å². The Labute approximate surface area is 148 Å². The Balaban J connectivity index is 1.56. The fourth-order valence-electron chi connectivity index (χ4n) is 2.29. The molecule has 0 fully saturated rings. The van der Waals surface area contributed by atoms with E-state index in [9.17, 15) is 9.18 Å². The molecular formula is C19H14FN3OS. The van der Waals surface area contributed by atoms with Crippen molar-refractivity contribution >= 4 is 17.2 Å². The van der Waals surface area contributed by atoms with Crippen molar-refractivity contribution in [3.8, 4) is 17.3 Å². The number of nitrogens with zero attached hydrogens (tertiary/aromatic N) is 2. The number of halogens is 1. The fraction of sp³-hybridized carbons (Fsp3) is 0.105. The molecule has 25 heavy (non-hydrogen) atoms. The highest BCUT2D eigenvalue weighted by Crippen LogP contribution is 2.22. The topological polar surface area (TPSA) is 65.8 Å². The van der Waals surface area contributed by atoms with Gasteiger partial charge in [0.15, 0.2) is 0 Å². The van der Waals surface area contributed by atoms with Gasteiger partial charge in [-0.1, -0.05) is 6.07 Å².